The molecule has 110 valence electrons. The van der Waals surface area contributed by atoms with Gasteiger partial charge in [0.25, 0.3) is 0 Å². The van der Waals surface area contributed by atoms with E-state index in [4.69, 9.17) is 4.74 Å². The van der Waals surface area contributed by atoms with Crippen LogP contribution in [-0.2, 0) is 6.54 Å². The maximum absolute atomic E-state index is 9.56. The zero-order chi connectivity index (χ0) is 14.9. The summed E-state index contributed by atoms with van der Waals surface area (Å²) in [6.45, 7) is 4.83. The van der Waals surface area contributed by atoms with Gasteiger partial charge in [-0.25, -0.2) is 0 Å². The first-order valence-electron chi connectivity index (χ1n) is 7.06. The summed E-state index contributed by atoms with van der Waals surface area (Å²) in [5, 5.41) is 12.9. The van der Waals surface area contributed by atoms with E-state index in [0.29, 0.717) is 13.2 Å². The van der Waals surface area contributed by atoms with Crippen molar-refractivity contribution < 1.29 is 9.84 Å². The van der Waals surface area contributed by atoms with Crippen LogP contribution in [0.1, 0.15) is 17.2 Å². The van der Waals surface area contributed by atoms with E-state index in [1.54, 1.807) is 6.08 Å². The molecule has 0 unspecified atom stereocenters. The smallest absolute Gasteiger partial charge is 0.124 e. The number of hydrogen-bond acceptors (Lipinski definition) is 3. The van der Waals surface area contributed by atoms with E-state index >= 15 is 0 Å². The van der Waals surface area contributed by atoms with Crippen LogP contribution in [0.3, 0.4) is 0 Å². The minimum atomic E-state index is -0.0846. The predicted octanol–water partition coefficient (Wildman–Crippen LogP) is 3.07. The van der Waals surface area contributed by atoms with E-state index in [1.165, 1.54) is 0 Å². The van der Waals surface area contributed by atoms with Crippen molar-refractivity contribution in [2.24, 2.45) is 0 Å². The molecule has 0 amide bonds. The van der Waals surface area contributed by atoms with Crippen molar-refractivity contribution in [2.45, 2.75) is 12.6 Å². The van der Waals surface area contributed by atoms with Gasteiger partial charge < -0.3 is 15.2 Å². The molecule has 2 aromatic rings. The Kier molecular flexibility index (Phi) is 6.00. The second-order valence-electron chi connectivity index (χ2n) is 4.73. The number of benzene rings is 2. The molecule has 0 aliphatic heterocycles. The Balaban J connectivity index is 2.03. The summed E-state index contributed by atoms with van der Waals surface area (Å²) in [4.78, 5) is 0. The number of rotatable bonds is 8. The van der Waals surface area contributed by atoms with E-state index in [0.717, 1.165) is 16.9 Å². The van der Waals surface area contributed by atoms with E-state index in [2.05, 4.69) is 11.9 Å². The zero-order valence-corrected chi connectivity index (χ0v) is 12.0. The lowest BCUT2D eigenvalue weighted by atomic mass is 10.1. The molecule has 0 radical (unpaired) electrons. The van der Waals surface area contributed by atoms with Crippen LogP contribution in [0.25, 0.3) is 0 Å². The molecule has 1 atom stereocenters. The summed E-state index contributed by atoms with van der Waals surface area (Å²) < 4.78 is 5.64. The third-order valence-corrected chi connectivity index (χ3v) is 3.25. The molecular weight excluding hydrogens is 262 g/mol. The Hall–Kier alpha value is -2.10. The number of aliphatic hydroxyl groups is 1. The van der Waals surface area contributed by atoms with Crippen molar-refractivity contribution in [3.05, 3.63) is 78.4 Å². The summed E-state index contributed by atoms with van der Waals surface area (Å²) in [6.07, 6.45) is 1.73. The first-order valence-corrected chi connectivity index (χ1v) is 7.06. The summed E-state index contributed by atoms with van der Waals surface area (Å²) in [5.74, 6) is 0.842. The van der Waals surface area contributed by atoms with Gasteiger partial charge in [0.05, 0.1) is 12.6 Å². The summed E-state index contributed by atoms with van der Waals surface area (Å²) >= 11 is 0. The van der Waals surface area contributed by atoms with Crippen molar-refractivity contribution in [3.63, 3.8) is 0 Å². The molecule has 0 aromatic heterocycles. The highest BCUT2D eigenvalue weighted by atomic mass is 16.5. The Labute approximate surface area is 125 Å². The minimum absolute atomic E-state index is 0.0553. The average molecular weight is 283 g/mol. The molecule has 2 aromatic carbocycles. The van der Waals surface area contributed by atoms with Gasteiger partial charge in [-0.3, -0.25) is 0 Å². The van der Waals surface area contributed by atoms with Gasteiger partial charge in [-0.1, -0.05) is 61.2 Å². The van der Waals surface area contributed by atoms with E-state index in [1.807, 2.05) is 54.6 Å². The minimum Gasteiger partial charge on any atom is -0.489 e. The molecule has 0 aliphatic rings. The maximum Gasteiger partial charge on any atom is 0.124 e. The monoisotopic (exact) mass is 283 g/mol. The highest BCUT2D eigenvalue weighted by Gasteiger charge is 2.10. The molecule has 0 fully saturated rings. The molecule has 0 heterocycles. The van der Waals surface area contributed by atoms with Crippen molar-refractivity contribution in [2.75, 3.05) is 13.2 Å². The number of para-hydroxylation sites is 1. The van der Waals surface area contributed by atoms with Gasteiger partial charge in [0.1, 0.15) is 12.4 Å². The molecule has 0 bridgehead atoms. The maximum atomic E-state index is 9.56. The first kappa shape index (κ1) is 15.3. The van der Waals surface area contributed by atoms with E-state index in [-0.39, 0.29) is 12.6 Å². The van der Waals surface area contributed by atoms with Crippen molar-refractivity contribution in [3.8, 4) is 5.75 Å². The third-order valence-electron chi connectivity index (χ3n) is 3.25. The molecule has 2 rings (SSSR count). The Morgan fingerprint density at radius 3 is 2.52 bits per heavy atom. The van der Waals surface area contributed by atoms with Gasteiger partial charge in [-0.2, -0.15) is 0 Å². The fraction of sp³-hybridized carbons (Fsp3) is 0.222. The Bertz CT molecular complexity index is 554. The first-order chi connectivity index (χ1) is 10.3. The SMILES string of the molecule is C=CCOc1ccccc1CN[C@@H](CO)c1ccccc1. The van der Waals surface area contributed by atoms with Gasteiger partial charge in [0.15, 0.2) is 0 Å². The van der Waals surface area contributed by atoms with Gasteiger partial charge in [0, 0.05) is 12.1 Å². The summed E-state index contributed by atoms with van der Waals surface area (Å²) in [7, 11) is 0. The topological polar surface area (TPSA) is 41.5 Å². The molecule has 0 spiro atoms. The molecular formula is C18H21NO2. The molecule has 2 N–H and O–H groups in total. The fourth-order valence-corrected chi connectivity index (χ4v) is 2.15. The van der Waals surface area contributed by atoms with E-state index in [9.17, 15) is 5.11 Å². The van der Waals surface area contributed by atoms with Crippen LogP contribution >= 0.6 is 0 Å². The van der Waals surface area contributed by atoms with Gasteiger partial charge in [-0.05, 0) is 11.6 Å². The predicted molar refractivity (Wildman–Crippen MR) is 85.2 cm³/mol. The second kappa shape index (κ2) is 8.25. The lowest BCUT2D eigenvalue weighted by Crippen LogP contribution is -2.24. The van der Waals surface area contributed by atoms with E-state index < -0.39 is 0 Å². The third kappa shape index (κ3) is 4.45. The molecule has 21 heavy (non-hydrogen) atoms. The Morgan fingerprint density at radius 1 is 1.10 bits per heavy atom. The van der Waals surface area contributed by atoms with Crippen LogP contribution < -0.4 is 10.1 Å². The van der Waals surface area contributed by atoms with Crippen LogP contribution in [0.15, 0.2) is 67.3 Å². The molecule has 0 aliphatic carbocycles. The van der Waals surface area contributed by atoms with Gasteiger partial charge >= 0.3 is 0 Å². The normalized spacial score (nSPS) is 11.9. The fourth-order valence-electron chi connectivity index (χ4n) is 2.15. The van der Waals surface area contributed by atoms with Crippen LogP contribution in [0, 0.1) is 0 Å². The van der Waals surface area contributed by atoms with Gasteiger partial charge in [-0.15, -0.1) is 0 Å². The highest BCUT2D eigenvalue weighted by Crippen LogP contribution is 2.19. The number of ether oxygens (including phenoxy) is 1. The molecule has 0 saturated heterocycles. The highest BCUT2D eigenvalue weighted by molar-refractivity contribution is 5.33. The lowest BCUT2D eigenvalue weighted by Gasteiger charge is -2.18. The second-order valence-corrected chi connectivity index (χ2v) is 4.73. The largest absolute Gasteiger partial charge is 0.489 e. The molecule has 0 saturated carbocycles. The van der Waals surface area contributed by atoms with Crippen LogP contribution in [0.2, 0.25) is 0 Å². The average Bonchev–Trinajstić information content (AvgIpc) is 2.55. The number of aliphatic hydroxyl groups excluding tert-OH is 1. The lowest BCUT2D eigenvalue weighted by molar-refractivity contribution is 0.243. The van der Waals surface area contributed by atoms with Crippen LogP contribution in [0.4, 0.5) is 0 Å². The van der Waals surface area contributed by atoms with Crippen molar-refractivity contribution in [1.29, 1.82) is 0 Å². The van der Waals surface area contributed by atoms with Crippen molar-refractivity contribution >= 4 is 0 Å². The van der Waals surface area contributed by atoms with Crippen LogP contribution in [-0.4, -0.2) is 18.3 Å². The quantitative estimate of drug-likeness (QED) is 0.732. The standard InChI is InChI=1S/C18H21NO2/c1-2-12-21-18-11-7-6-10-16(18)13-19-17(14-20)15-8-4-3-5-9-15/h2-11,17,19-20H,1,12-14H2/t17-/m0/s1. The van der Waals surface area contributed by atoms with Gasteiger partial charge in [0.2, 0.25) is 0 Å². The zero-order valence-electron chi connectivity index (χ0n) is 12.0. The molecule has 3 heteroatoms. The summed E-state index contributed by atoms with van der Waals surface area (Å²) in [6, 6.07) is 17.7. The van der Waals surface area contributed by atoms with Crippen LogP contribution in [0.5, 0.6) is 5.75 Å². The summed E-state index contributed by atoms with van der Waals surface area (Å²) in [5.41, 5.74) is 2.14. The number of hydrogen-bond donors (Lipinski definition) is 2. The molecule has 3 nitrogen and oxygen atoms in total. The Morgan fingerprint density at radius 2 is 1.81 bits per heavy atom. The van der Waals surface area contributed by atoms with Crippen molar-refractivity contribution in [1.82, 2.24) is 5.32 Å². The number of nitrogens with one attached hydrogen (secondary N) is 1.